The van der Waals surface area contributed by atoms with Crippen LogP contribution in [0.15, 0.2) is 12.2 Å². The van der Waals surface area contributed by atoms with Crippen LogP contribution in [0, 0.1) is 0 Å². The fraction of sp³-hybridized carbons (Fsp3) is 0.583. The summed E-state index contributed by atoms with van der Waals surface area (Å²) in [5.74, 6) is -2.81. The number of nitrogens with zero attached hydrogens (tertiary/aromatic N) is 1. The molecule has 0 spiro atoms. The Morgan fingerprint density at radius 2 is 1.59 bits per heavy atom. The van der Waals surface area contributed by atoms with Crippen molar-refractivity contribution in [3.8, 4) is 0 Å². The standard InChI is InChI=1S/C12H15F3N2O5/c13-12(14,15)11(20)16-3-5-21-7-8-22-6-4-17-9(18)1-2-10(17)19/h1-2H,3-8H2,(H,16,20). The minimum absolute atomic E-state index is 0.0851. The summed E-state index contributed by atoms with van der Waals surface area (Å²) >= 11 is 0. The molecule has 7 nitrogen and oxygen atoms in total. The number of hydrogen-bond donors (Lipinski definition) is 1. The fourth-order valence-corrected chi connectivity index (χ4v) is 1.47. The zero-order valence-corrected chi connectivity index (χ0v) is 11.5. The lowest BCUT2D eigenvalue weighted by atomic mass is 10.5. The summed E-state index contributed by atoms with van der Waals surface area (Å²) in [6.07, 6.45) is -2.57. The molecule has 22 heavy (non-hydrogen) atoms. The molecule has 0 aromatic rings. The van der Waals surface area contributed by atoms with Crippen LogP contribution >= 0.6 is 0 Å². The van der Waals surface area contributed by atoms with E-state index in [2.05, 4.69) is 0 Å². The summed E-state index contributed by atoms with van der Waals surface area (Å²) < 4.78 is 45.5. The highest BCUT2D eigenvalue weighted by atomic mass is 19.4. The summed E-state index contributed by atoms with van der Waals surface area (Å²) in [6, 6.07) is 0. The van der Waals surface area contributed by atoms with Crippen molar-refractivity contribution >= 4 is 17.7 Å². The van der Waals surface area contributed by atoms with Gasteiger partial charge in [-0.05, 0) is 0 Å². The molecule has 1 aliphatic heterocycles. The maximum Gasteiger partial charge on any atom is 0.471 e. The van der Waals surface area contributed by atoms with E-state index < -0.39 is 23.9 Å². The Morgan fingerprint density at radius 1 is 1.05 bits per heavy atom. The Labute approximate surface area is 124 Å². The number of carbonyl (C=O) groups is 3. The van der Waals surface area contributed by atoms with Crippen molar-refractivity contribution in [3.05, 3.63) is 12.2 Å². The van der Waals surface area contributed by atoms with Crippen LogP contribution in [0.5, 0.6) is 0 Å². The van der Waals surface area contributed by atoms with Gasteiger partial charge in [-0.3, -0.25) is 19.3 Å². The van der Waals surface area contributed by atoms with Crippen LogP contribution in [0.25, 0.3) is 0 Å². The minimum Gasteiger partial charge on any atom is -0.377 e. The van der Waals surface area contributed by atoms with Gasteiger partial charge in [-0.15, -0.1) is 0 Å². The van der Waals surface area contributed by atoms with Crippen LogP contribution in [0.3, 0.4) is 0 Å². The molecule has 124 valence electrons. The van der Waals surface area contributed by atoms with E-state index in [0.29, 0.717) is 0 Å². The molecule has 1 rings (SSSR count). The quantitative estimate of drug-likeness (QED) is 0.462. The van der Waals surface area contributed by atoms with E-state index in [1.807, 2.05) is 0 Å². The SMILES string of the molecule is O=C1C=CC(=O)N1CCOCCOCCNC(=O)C(F)(F)F. The zero-order valence-electron chi connectivity index (χ0n) is 11.5. The van der Waals surface area contributed by atoms with E-state index in [1.165, 1.54) is 12.2 Å². The molecule has 0 saturated carbocycles. The first-order valence-electron chi connectivity index (χ1n) is 6.36. The van der Waals surface area contributed by atoms with Crippen LogP contribution in [0.2, 0.25) is 0 Å². The average Bonchev–Trinajstić information content (AvgIpc) is 2.75. The number of imide groups is 1. The number of halogens is 3. The Hall–Kier alpha value is -1.94. The monoisotopic (exact) mass is 324 g/mol. The van der Waals surface area contributed by atoms with Gasteiger partial charge in [0.2, 0.25) is 0 Å². The summed E-state index contributed by atoms with van der Waals surface area (Å²) in [6.45, 7) is 0.164. The van der Waals surface area contributed by atoms with Crippen molar-refractivity contribution in [1.82, 2.24) is 10.2 Å². The molecule has 0 aliphatic carbocycles. The van der Waals surface area contributed by atoms with Gasteiger partial charge in [-0.1, -0.05) is 0 Å². The summed E-state index contributed by atoms with van der Waals surface area (Å²) in [4.78, 5) is 33.8. The first-order chi connectivity index (χ1) is 10.3. The van der Waals surface area contributed by atoms with Crippen molar-refractivity contribution in [3.63, 3.8) is 0 Å². The van der Waals surface area contributed by atoms with Gasteiger partial charge >= 0.3 is 12.1 Å². The Bertz CT molecular complexity index is 433. The number of carbonyl (C=O) groups excluding carboxylic acids is 3. The molecule has 1 heterocycles. The molecule has 0 radical (unpaired) electrons. The van der Waals surface area contributed by atoms with E-state index >= 15 is 0 Å². The molecule has 1 N–H and O–H groups in total. The van der Waals surface area contributed by atoms with Gasteiger partial charge < -0.3 is 14.8 Å². The molecule has 3 amide bonds. The average molecular weight is 324 g/mol. The van der Waals surface area contributed by atoms with E-state index in [0.717, 1.165) is 4.90 Å². The lowest BCUT2D eigenvalue weighted by molar-refractivity contribution is -0.173. The number of alkyl halides is 3. The predicted molar refractivity (Wildman–Crippen MR) is 66.6 cm³/mol. The van der Waals surface area contributed by atoms with E-state index in [1.54, 1.807) is 5.32 Å². The molecule has 0 fully saturated rings. The summed E-state index contributed by atoms with van der Waals surface area (Å²) in [5, 5.41) is 1.65. The third-order valence-corrected chi connectivity index (χ3v) is 2.52. The summed E-state index contributed by atoms with van der Waals surface area (Å²) in [5.41, 5.74) is 0. The van der Waals surface area contributed by atoms with Gasteiger partial charge in [0.15, 0.2) is 0 Å². The summed E-state index contributed by atoms with van der Waals surface area (Å²) in [7, 11) is 0. The number of rotatable bonds is 9. The van der Waals surface area contributed by atoms with Crippen molar-refractivity contribution in [2.75, 3.05) is 39.5 Å². The Balaban J connectivity index is 1.93. The molecular formula is C12H15F3N2O5. The van der Waals surface area contributed by atoms with Crippen LogP contribution in [-0.4, -0.2) is 68.3 Å². The van der Waals surface area contributed by atoms with Crippen molar-refractivity contribution in [1.29, 1.82) is 0 Å². The highest BCUT2D eigenvalue weighted by Gasteiger charge is 2.38. The number of ether oxygens (including phenoxy) is 2. The van der Waals surface area contributed by atoms with E-state index in [9.17, 15) is 27.6 Å². The topological polar surface area (TPSA) is 84.9 Å². The second kappa shape index (κ2) is 8.49. The first kappa shape index (κ1) is 18.1. The van der Waals surface area contributed by atoms with Crippen molar-refractivity contribution < 1.29 is 37.0 Å². The minimum atomic E-state index is -4.90. The molecule has 0 atom stereocenters. The van der Waals surface area contributed by atoms with Gasteiger partial charge in [0.25, 0.3) is 11.8 Å². The molecule has 1 aliphatic rings. The van der Waals surface area contributed by atoms with E-state index in [-0.39, 0.29) is 39.5 Å². The highest BCUT2D eigenvalue weighted by Crippen LogP contribution is 2.13. The number of hydrogen-bond acceptors (Lipinski definition) is 5. The van der Waals surface area contributed by atoms with Gasteiger partial charge in [0.1, 0.15) is 0 Å². The maximum atomic E-state index is 11.8. The van der Waals surface area contributed by atoms with Crippen LogP contribution in [-0.2, 0) is 23.9 Å². The predicted octanol–water partition coefficient (Wildman–Crippen LogP) is -0.377. The molecule has 0 aromatic carbocycles. The molecular weight excluding hydrogens is 309 g/mol. The first-order valence-corrected chi connectivity index (χ1v) is 6.36. The lowest BCUT2D eigenvalue weighted by Crippen LogP contribution is -2.38. The third kappa shape index (κ3) is 6.22. The molecule has 10 heteroatoms. The number of amides is 3. The molecule has 0 bridgehead atoms. The fourth-order valence-electron chi connectivity index (χ4n) is 1.47. The number of nitrogens with one attached hydrogen (secondary N) is 1. The molecule has 0 aromatic heterocycles. The van der Waals surface area contributed by atoms with Crippen molar-refractivity contribution in [2.45, 2.75) is 6.18 Å². The highest BCUT2D eigenvalue weighted by molar-refractivity contribution is 6.12. The normalized spacial score (nSPS) is 14.8. The second-order valence-electron chi connectivity index (χ2n) is 4.14. The van der Waals surface area contributed by atoms with Gasteiger partial charge in [0, 0.05) is 18.7 Å². The van der Waals surface area contributed by atoms with E-state index in [4.69, 9.17) is 9.47 Å². The third-order valence-electron chi connectivity index (χ3n) is 2.52. The second-order valence-corrected chi connectivity index (χ2v) is 4.14. The van der Waals surface area contributed by atoms with Gasteiger partial charge in [0.05, 0.1) is 33.0 Å². The Kier molecular flexibility index (Phi) is 6.99. The van der Waals surface area contributed by atoms with Crippen LogP contribution < -0.4 is 5.32 Å². The smallest absolute Gasteiger partial charge is 0.377 e. The molecule has 0 unspecified atom stereocenters. The largest absolute Gasteiger partial charge is 0.471 e. The van der Waals surface area contributed by atoms with Gasteiger partial charge in [-0.25, -0.2) is 0 Å². The lowest BCUT2D eigenvalue weighted by Gasteiger charge is -2.13. The Morgan fingerprint density at radius 3 is 2.14 bits per heavy atom. The maximum absolute atomic E-state index is 11.8. The van der Waals surface area contributed by atoms with Crippen molar-refractivity contribution in [2.24, 2.45) is 0 Å². The molecule has 0 saturated heterocycles. The van der Waals surface area contributed by atoms with Crippen LogP contribution in [0.1, 0.15) is 0 Å². The van der Waals surface area contributed by atoms with Gasteiger partial charge in [-0.2, -0.15) is 13.2 Å². The van der Waals surface area contributed by atoms with Crippen LogP contribution in [0.4, 0.5) is 13.2 Å². The zero-order chi connectivity index (χ0) is 16.6.